The third kappa shape index (κ3) is 60.3. The summed E-state index contributed by atoms with van der Waals surface area (Å²) < 4.78 is 68.2. The summed E-state index contributed by atoms with van der Waals surface area (Å²) in [5, 5.41) is 10.6. The van der Waals surface area contributed by atoms with Gasteiger partial charge in [-0.15, -0.1) is 0 Å². The average Bonchev–Trinajstić information content (AvgIpc) is 3.60. The van der Waals surface area contributed by atoms with Crippen LogP contribution < -0.4 is 0 Å². The molecule has 0 aromatic rings. The summed E-state index contributed by atoms with van der Waals surface area (Å²) in [5.41, 5.74) is 0. The Bertz CT molecular complexity index is 1750. The Kier molecular flexibility index (Phi) is 57.6. The van der Waals surface area contributed by atoms with Gasteiger partial charge in [-0.05, 0) is 49.4 Å². The molecule has 0 aliphatic heterocycles. The number of hydrogen-bond donors (Lipinski definition) is 3. The first-order valence-electron chi connectivity index (χ1n) is 35.8. The summed E-state index contributed by atoms with van der Waals surface area (Å²) >= 11 is 0. The lowest BCUT2D eigenvalue weighted by Gasteiger charge is -2.21. The molecule has 0 amide bonds. The van der Waals surface area contributed by atoms with Gasteiger partial charge in [0.2, 0.25) is 0 Å². The normalized spacial score (nSPS) is 14.9. The molecule has 522 valence electrons. The molecule has 88 heavy (non-hydrogen) atoms. The van der Waals surface area contributed by atoms with Crippen LogP contribution in [0.15, 0.2) is 0 Å². The van der Waals surface area contributed by atoms with E-state index in [0.29, 0.717) is 25.7 Å². The minimum atomic E-state index is -4.95. The van der Waals surface area contributed by atoms with Crippen molar-refractivity contribution < 1.29 is 80.2 Å². The van der Waals surface area contributed by atoms with Crippen molar-refractivity contribution >= 4 is 39.5 Å². The number of rotatable bonds is 66. The zero-order valence-electron chi connectivity index (χ0n) is 57.3. The van der Waals surface area contributed by atoms with E-state index < -0.39 is 97.5 Å². The molecule has 0 aliphatic carbocycles. The molecule has 17 nitrogen and oxygen atoms in total. The lowest BCUT2D eigenvalue weighted by atomic mass is 9.99. The van der Waals surface area contributed by atoms with E-state index in [2.05, 4.69) is 55.4 Å². The number of carbonyl (C=O) groups excluding carboxylic acids is 4. The first-order valence-corrected chi connectivity index (χ1v) is 38.8. The number of hydrogen-bond acceptors (Lipinski definition) is 15. The molecule has 0 radical (unpaired) electrons. The Hall–Kier alpha value is -1.94. The van der Waals surface area contributed by atoms with Gasteiger partial charge in [0, 0.05) is 25.7 Å². The number of esters is 4. The van der Waals surface area contributed by atoms with Crippen molar-refractivity contribution in [3.63, 3.8) is 0 Å². The van der Waals surface area contributed by atoms with Gasteiger partial charge in [0.25, 0.3) is 0 Å². The first-order chi connectivity index (χ1) is 42.2. The first kappa shape index (κ1) is 86.1. The quantitative estimate of drug-likeness (QED) is 0.0222. The van der Waals surface area contributed by atoms with Gasteiger partial charge in [-0.3, -0.25) is 37.3 Å². The lowest BCUT2D eigenvalue weighted by Crippen LogP contribution is -2.30. The van der Waals surface area contributed by atoms with Crippen LogP contribution in [0.4, 0.5) is 0 Å². The molecule has 0 spiro atoms. The zero-order chi connectivity index (χ0) is 65.4. The number of phosphoric acid groups is 2. The van der Waals surface area contributed by atoms with Gasteiger partial charge in [0.05, 0.1) is 26.4 Å². The van der Waals surface area contributed by atoms with Crippen molar-refractivity contribution in [1.29, 1.82) is 0 Å². The Morgan fingerprint density at radius 2 is 0.545 bits per heavy atom. The van der Waals surface area contributed by atoms with Crippen molar-refractivity contribution in [3.8, 4) is 0 Å². The average molecular weight is 1300 g/mol. The van der Waals surface area contributed by atoms with E-state index in [4.69, 9.17) is 37.0 Å². The summed E-state index contributed by atoms with van der Waals surface area (Å²) in [6.07, 6.45) is 40.2. The van der Waals surface area contributed by atoms with Gasteiger partial charge in [-0.2, -0.15) is 0 Å². The molecule has 0 rings (SSSR count). The Morgan fingerprint density at radius 3 is 0.807 bits per heavy atom. The highest BCUT2D eigenvalue weighted by atomic mass is 31.2. The van der Waals surface area contributed by atoms with Crippen molar-refractivity contribution in [2.75, 3.05) is 39.6 Å². The van der Waals surface area contributed by atoms with E-state index in [0.717, 1.165) is 120 Å². The van der Waals surface area contributed by atoms with Crippen LogP contribution in [0.25, 0.3) is 0 Å². The van der Waals surface area contributed by atoms with Crippen molar-refractivity contribution in [1.82, 2.24) is 0 Å². The summed E-state index contributed by atoms with van der Waals surface area (Å²) in [6.45, 7) is 14.1. The minimum absolute atomic E-state index is 0.105. The number of phosphoric ester groups is 2. The van der Waals surface area contributed by atoms with Crippen LogP contribution in [0.2, 0.25) is 0 Å². The number of unbranched alkanes of at least 4 members (excludes halogenated alkanes) is 30. The van der Waals surface area contributed by atoms with E-state index in [1.807, 2.05) is 0 Å². The lowest BCUT2D eigenvalue weighted by molar-refractivity contribution is -0.161. The molecule has 0 bridgehead atoms. The second kappa shape index (κ2) is 58.8. The van der Waals surface area contributed by atoms with Crippen LogP contribution in [0.1, 0.15) is 338 Å². The predicted molar refractivity (Wildman–Crippen MR) is 354 cm³/mol. The van der Waals surface area contributed by atoms with Gasteiger partial charge < -0.3 is 33.8 Å². The van der Waals surface area contributed by atoms with Crippen molar-refractivity contribution in [2.45, 2.75) is 356 Å². The largest absolute Gasteiger partial charge is 0.472 e. The molecule has 0 aliphatic rings. The molecule has 0 fully saturated rings. The molecule has 19 heteroatoms. The fourth-order valence-electron chi connectivity index (χ4n) is 10.2. The highest BCUT2D eigenvalue weighted by Gasteiger charge is 2.30. The van der Waals surface area contributed by atoms with Gasteiger partial charge >= 0.3 is 39.5 Å². The van der Waals surface area contributed by atoms with Gasteiger partial charge in [-0.25, -0.2) is 9.13 Å². The summed E-state index contributed by atoms with van der Waals surface area (Å²) in [4.78, 5) is 72.5. The molecule has 4 unspecified atom stereocenters. The molecular weight excluding hydrogens is 1160 g/mol. The highest BCUT2D eigenvalue weighted by Crippen LogP contribution is 2.45. The van der Waals surface area contributed by atoms with Gasteiger partial charge in [0.15, 0.2) is 12.2 Å². The second-order valence-electron chi connectivity index (χ2n) is 26.4. The van der Waals surface area contributed by atoms with E-state index in [9.17, 15) is 43.2 Å². The van der Waals surface area contributed by atoms with E-state index in [1.165, 1.54) is 135 Å². The molecular formula is C69H134O17P2. The minimum Gasteiger partial charge on any atom is -0.462 e. The van der Waals surface area contributed by atoms with Crippen molar-refractivity contribution in [2.24, 2.45) is 23.7 Å². The molecule has 0 aromatic carbocycles. The van der Waals surface area contributed by atoms with Crippen LogP contribution in [0.5, 0.6) is 0 Å². The van der Waals surface area contributed by atoms with Crippen LogP contribution >= 0.6 is 15.6 Å². The van der Waals surface area contributed by atoms with Crippen LogP contribution in [-0.4, -0.2) is 96.7 Å². The smallest absolute Gasteiger partial charge is 0.462 e. The molecule has 0 saturated carbocycles. The number of ether oxygens (including phenoxy) is 4. The standard InChI is InChI=1S/C69H134O17P2/c1-9-61(7)47-39-31-23-16-12-14-18-26-36-44-52-69(74)86-65(56-80-67(72)50-42-34-28-27-32-40-48-62(8)10-2)58-84-88(77,78)82-54-63(70)53-81-87(75,76)83-57-64(55-79-66(71)49-41-33-24-20-19-22-30-38-46-60(5)6)85-68(73)51-43-35-25-17-13-11-15-21-29-37-45-59(3)4/h59-65,70H,9-58H2,1-8H3,(H,75,76)(H,77,78)/t61?,62?,63-,64-,65-/m1/s1. The van der Waals surface area contributed by atoms with Crippen LogP contribution in [0.3, 0.4) is 0 Å². The van der Waals surface area contributed by atoms with E-state index in [-0.39, 0.29) is 25.7 Å². The molecule has 0 saturated heterocycles. The summed E-state index contributed by atoms with van der Waals surface area (Å²) in [5.74, 6) is 0.880. The fourth-order valence-corrected chi connectivity index (χ4v) is 11.8. The second-order valence-corrected chi connectivity index (χ2v) is 29.3. The molecule has 3 N–H and O–H groups in total. The molecule has 0 heterocycles. The Labute approximate surface area is 537 Å². The third-order valence-electron chi connectivity index (χ3n) is 16.5. The summed E-state index contributed by atoms with van der Waals surface area (Å²) in [7, 11) is -9.90. The maximum Gasteiger partial charge on any atom is 0.472 e. The Morgan fingerprint density at radius 1 is 0.318 bits per heavy atom. The monoisotopic (exact) mass is 1300 g/mol. The SMILES string of the molecule is CCC(C)CCCCCCCCCCCCC(=O)O[C@H](COC(=O)CCCCCCCCC(C)CC)COP(=O)(O)OC[C@H](O)COP(=O)(O)OC[C@@H](COC(=O)CCCCCCCCCCC(C)C)OC(=O)CCCCCCCCCCCCC(C)C. The zero-order valence-corrected chi connectivity index (χ0v) is 59.1. The van der Waals surface area contributed by atoms with Crippen LogP contribution in [-0.2, 0) is 65.4 Å². The van der Waals surface area contributed by atoms with Crippen molar-refractivity contribution in [3.05, 3.63) is 0 Å². The van der Waals surface area contributed by atoms with Crippen LogP contribution in [0, 0.1) is 23.7 Å². The Balaban J connectivity index is 5.27. The van der Waals surface area contributed by atoms with E-state index >= 15 is 0 Å². The maximum atomic E-state index is 13.0. The summed E-state index contributed by atoms with van der Waals surface area (Å²) in [6, 6.07) is 0. The third-order valence-corrected chi connectivity index (χ3v) is 18.4. The maximum absolute atomic E-state index is 13.0. The number of aliphatic hydroxyl groups is 1. The fraction of sp³-hybridized carbons (Fsp3) is 0.942. The van der Waals surface area contributed by atoms with E-state index in [1.54, 1.807) is 0 Å². The highest BCUT2D eigenvalue weighted by molar-refractivity contribution is 7.47. The molecule has 0 aromatic heterocycles. The topological polar surface area (TPSA) is 237 Å². The number of carbonyl (C=O) groups is 4. The predicted octanol–water partition coefficient (Wildman–Crippen LogP) is 19.3. The van der Waals surface area contributed by atoms with Gasteiger partial charge in [-0.1, -0.05) is 287 Å². The molecule has 7 atom stereocenters. The number of aliphatic hydroxyl groups excluding tert-OH is 1. The van der Waals surface area contributed by atoms with Gasteiger partial charge in [0.1, 0.15) is 19.3 Å².